The van der Waals surface area contributed by atoms with Crippen molar-refractivity contribution in [3.8, 4) is 0 Å². The molecule has 0 aliphatic carbocycles. The van der Waals surface area contributed by atoms with Crippen LogP contribution < -0.4 is 0 Å². The van der Waals surface area contributed by atoms with E-state index in [1.807, 2.05) is 48.2 Å². The summed E-state index contributed by atoms with van der Waals surface area (Å²) in [4.78, 5) is 14.2. The second-order valence-electron chi connectivity index (χ2n) is 4.43. The van der Waals surface area contributed by atoms with Crippen molar-refractivity contribution < 1.29 is 4.79 Å². The fourth-order valence-corrected chi connectivity index (χ4v) is 2.19. The van der Waals surface area contributed by atoms with Gasteiger partial charge in [0.25, 0.3) is 0 Å². The molecule has 90 valence electrons. The summed E-state index contributed by atoms with van der Waals surface area (Å²) in [6.45, 7) is 3.89. The minimum absolute atomic E-state index is 0.217. The van der Waals surface area contributed by atoms with Gasteiger partial charge >= 0.3 is 0 Å². The Hall–Kier alpha value is -1.57. The Kier molecular flexibility index (Phi) is 3.97. The average Bonchev–Trinajstić information content (AvgIpc) is 2.90. The van der Waals surface area contributed by atoms with E-state index in [0.29, 0.717) is 0 Å². The summed E-state index contributed by atoms with van der Waals surface area (Å²) in [5, 5.41) is 0. The van der Waals surface area contributed by atoms with Crippen molar-refractivity contribution in [2.75, 3.05) is 13.1 Å². The number of carbonyl (C=O) groups is 1. The van der Waals surface area contributed by atoms with E-state index in [9.17, 15) is 4.79 Å². The van der Waals surface area contributed by atoms with Crippen LogP contribution in [0.4, 0.5) is 0 Å². The lowest BCUT2D eigenvalue weighted by atomic mass is 10.1. The van der Waals surface area contributed by atoms with E-state index in [-0.39, 0.29) is 5.91 Å². The zero-order valence-corrected chi connectivity index (χ0v) is 10.4. The smallest absolute Gasteiger partial charge is 0.249 e. The number of amides is 1. The van der Waals surface area contributed by atoms with Gasteiger partial charge in [-0.2, -0.15) is 0 Å². The molecule has 1 aromatic rings. The second-order valence-corrected chi connectivity index (χ2v) is 4.43. The lowest BCUT2D eigenvalue weighted by Gasteiger charge is -2.16. The van der Waals surface area contributed by atoms with E-state index < -0.39 is 0 Å². The van der Waals surface area contributed by atoms with E-state index in [0.717, 1.165) is 43.5 Å². The summed E-state index contributed by atoms with van der Waals surface area (Å²) >= 11 is 0. The molecule has 0 aromatic heterocycles. The quantitative estimate of drug-likeness (QED) is 0.729. The third kappa shape index (κ3) is 2.96. The topological polar surface area (TPSA) is 20.3 Å². The van der Waals surface area contributed by atoms with Crippen molar-refractivity contribution in [2.45, 2.75) is 26.2 Å². The standard InChI is InChI=1S/C15H19NO/c1-2-14(12-13-8-4-3-5-9-13)15(17)16-10-6-7-11-16/h3-5,8-9,12H,2,6-7,10-11H2,1H3/b14-12+. The summed E-state index contributed by atoms with van der Waals surface area (Å²) in [5.74, 6) is 0.217. The maximum atomic E-state index is 12.2. The monoisotopic (exact) mass is 229 g/mol. The molecule has 2 nitrogen and oxygen atoms in total. The van der Waals surface area contributed by atoms with Crippen LogP contribution in [0.5, 0.6) is 0 Å². The van der Waals surface area contributed by atoms with Crippen LogP contribution in [0.2, 0.25) is 0 Å². The fraction of sp³-hybridized carbons (Fsp3) is 0.400. The summed E-state index contributed by atoms with van der Waals surface area (Å²) in [6, 6.07) is 10.1. The first-order valence-electron chi connectivity index (χ1n) is 6.36. The predicted octanol–water partition coefficient (Wildman–Crippen LogP) is 3.10. The third-order valence-electron chi connectivity index (χ3n) is 3.19. The minimum Gasteiger partial charge on any atom is -0.339 e. The molecule has 0 radical (unpaired) electrons. The number of rotatable bonds is 3. The van der Waals surface area contributed by atoms with Gasteiger partial charge in [-0.15, -0.1) is 0 Å². The van der Waals surface area contributed by atoms with E-state index in [1.165, 1.54) is 0 Å². The SMILES string of the molecule is CC/C(=C\c1ccccc1)C(=O)N1CCCC1. The zero-order chi connectivity index (χ0) is 12.1. The van der Waals surface area contributed by atoms with Crippen molar-refractivity contribution in [3.05, 3.63) is 41.5 Å². The van der Waals surface area contributed by atoms with Gasteiger partial charge < -0.3 is 4.90 Å². The number of carbonyl (C=O) groups excluding carboxylic acids is 1. The third-order valence-corrected chi connectivity index (χ3v) is 3.19. The van der Waals surface area contributed by atoms with Gasteiger partial charge in [0.1, 0.15) is 0 Å². The maximum absolute atomic E-state index is 12.2. The Bertz CT molecular complexity index is 402. The highest BCUT2D eigenvalue weighted by molar-refractivity contribution is 5.97. The van der Waals surface area contributed by atoms with Crippen molar-refractivity contribution in [3.63, 3.8) is 0 Å². The molecule has 2 rings (SSSR count). The van der Waals surface area contributed by atoms with Crippen LogP contribution in [0.25, 0.3) is 6.08 Å². The van der Waals surface area contributed by atoms with Crippen molar-refractivity contribution in [2.24, 2.45) is 0 Å². The van der Waals surface area contributed by atoms with Crippen molar-refractivity contribution in [1.82, 2.24) is 4.90 Å². The van der Waals surface area contributed by atoms with Gasteiger partial charge in [-0.3, -0.25) is 4.79 Å². The van der Waals surface area contributed by atoms with Crippen LogP contribution in [-0.4, -0.2) is 23.9 Å². The predicted molar refractivity (Wildman–Crippen MR) is 70.5 cm³/mol. The molecule has 1 aliphatic rings. The van der Waals surface area contributed by atoms with Crippen molar-refractivity contribution >= 4 is 12.0 Å². The lowest BCUT2D eigenvalue weighted by Crippen LogP contribution is -2.28. The minimum atomic E-state index is 0.217. The molecule has 1 aliphatic heterocycles. The number of hydrogen-bond donors (Lipinski definition) is 0. The molecule has 1 saturated heterocycles. The first kappa shape index (κ1) is 11.9. The van der Waals surface area contributed by atoms with E-state index >= 15 is 0 Å². The Morgan fingerprint density at radius 1 is 1.24 bits per heavy atom. The summed E-state index contributed by atoms with van der Waals surface area (Å²) < 4.78 is 0. The molecular weight excluding hydrogens is 210 g/mol. The van der Waals surface area contributed by atoms with Crippen LogP contribution in [0.15, 0.2) is 35.9 Å². The van der Waals surface area contributed by atoms with Gasteiger partial charge in [0.05, 0.1) is 0 Å². The first-order valence-corrected chi connectivity index (χ1v) is 6.36. The van der Waals surface area contributed by atoms with Crippen LogP contribution in [0.1, 0.15) is 31.7 Å². The largest absolute Gasteiger partial charge is 0.339 e. The van der Waals surface area contributed by atoms with Gasteiger partial charge in [0, 0.05) is 18.7 Å². The molecule has 0 bridgehead atoms. The average molecular weight is 229 g/mol. The normalized spacial score (nSPS) is 16.3. The van der Waals surface area contributed by atoms with Gasteiger partial charge in [0.15, 0.2) is 0 Å². The summed E-state index contributed by atoms with van der Waals surface area (Å²) in [6.07, 6.45) is 5.10. The molecular formula is C15H19NO. The molecule has 0 atom stereocenters. The summed E-state index contributed by atoms with van der Waals surface area (Å²) in [7, 11) is 0. The Morgan fingerprint density at radius 3 is 2.47 bits per heavy atom. The van der Waals surface area contributed by atoms with Crippen LogP contribution in [0.3, 0.4) is 0 Å². The number of nitrogens with zero attached hydrogens (tertiary/aromatic N) is 1. The van der Waals surface area contributed by atoms with E-state index in [1.54, 1.807) is 0 Å². The maximum Gasteiger partial charge on any atom is 0.249 e. The van der Waals surface area contributed by atoms with Gasteiger partial charge in [-0.1, -0.05) is 37.3 Å². The Morgan fingerprint density at radius 2 is 1.88 bits per heavy atom. The molecule has 0 saturated carbocycles. The van der Waals surface area contributed by atoms with Gasteiger partial charge in [-0.05, 0) is 30.9 Å². The molecule has 1 heterocycles. The lowest BCUT2D eigenvalue weighted by molar-refractivity contribution is -0.126. The Labute approximate surface area is 103 Å². The van der Waals surface area contributed by atoms with Gasteiger partial charge in [0.2, 0.25) is 5.91 Å². The van der Waals surface area contributed by atoms with E-state index in [4.69, 9.17) is 0 Å². The van der Waals surface area contributed by atoms with Crippen LogP contribution in [0, 0.1) is 0 Å². The molecule has 1 amide bonds. The molecule has 0 N–H and O–H groups in total. The Balaban J connectivity index is 2.15. The van der Waals surface area contributed by atoms with Crippen LogP contribution >= 0.6 is 0 Å². The highest BCUT2D eigenvalue weighted by Crippen LogP contribution is 2.16. The molecule has 1 aromatic carbocycles. The zero-order valence-electron chi connectivity index (χ0n) is 10.4. The highest BCUT2D eigenvalue weighted by atomic mass is 16.2. The second kappa shape index (κ2) is 5.67. The molecule has 0 unspecified atom stereocenters. The number of likely N-dealkylation sites (tertiary alicyclic amines) is 1. The molecule has 1 fully saturated rings. The first-order chi connectivity index (χ1) is 8.31. The molecule has 0 spiro atoms. The van der Waals surface area contributed by atoms with Gasteiger partial charge in [-0.25, -0.2) is 0 Å². The van der Waals surface area contributed by atoms with Crippen molar-refractivity contribution in [1.29, 1.82) is 0 Å². The highest BCUT2D eigenvalue weighted by Gasteiger charge is 2.20. The fourth-order valence-electron chi connectivity index (χ4n) is 2.19. The van der Waals surface area contributed by atoms with Crippen LogP contribution in [-0.2, 0) is 4.79 Å². The summed E-state index contributed by atoms with van der Waals surface area (Å²) in [5.41, 5.74) is 2.02. The van der Waals surface area contributed by atoms with E-state index in [2.05, 4.69) is 0 Å². The number of hydrogen-bond acceptors (Lipinski definition) is 1. The number of benzene rings is 1. The molecule has 17 heavy (non-hydrogen) atoms. The molecule has 2 heteroatoms.